The van der Waals surface area contributed by atoms with E-state index in [1.807, 2.05) is 47.2 Å². The number of hydrogen-bond acceptors (Lipinski definition) is 5. The number of aromatic nitrogens is 1. The Bertz CT molecular complexity index is 930. The van der Waals surface area contributed by atoms with Crippen LogP contribution < -0.4 is 4.80 Å². The number of nitro benzene ring substituents is 1. The Morgan fingerprint density at radius 1 is 1.20 bits per heavy atom. The molecule has 6 nitrogen and oxygen atoms in total. The molecular formula is C18H17N3O3S. The standard InChI is InChI=1S/C18H17N3O3S/c1-13-12-25-18(19-15-5-3-2-4-6-15)20(13)11-17(22)14-7-9-16(10-8-14)21(23)24/h2-10,12,17,22H,11H2,1H3/t17-/m1/s1. The number of nitrogens with zero attached hydrogens (tertiary/aromatic N) is 3. The maximum absolute atomic E-state index is 10.7. The molecule has 3 aromatic rings. The van der Waals surface area contributed by atoms with Crippen LogP contribution in [0.25, 0.3) is 0 Å². The predicted molar refractivity (Wildman–Crippen MR) is 96.8 cm³/mol. The molecule has 1 heterocycles. The second-order valence-electron chi connectivity index (χ2n) is 5.58. The van der Waals surface area contributed by atoms with Gasteiger partial charge < -0.3 is 9.67 Å². The van der Waals surface area contributed by atoms with Gasteiger partial charge in [-0.05, 0) is 36.8 Å². The van der Waals surface area contributed by atoms with Crippen molar-refractivity contribution in [1.29, 1.82) is 0 Å². The van der Waals surface area contributed by atoms with Crippen molar-refractivity contribution < 1.29 is 10.0 Å². The lowest BCUT2D eigenvalue weighted by molar-refractivity contribution is -0.384. The van der Waals surface area contributed by atoms with Gasteiger partial charge in [0, 0.05) is 23.2 Å². The Morgan fingerprint density at radius 3 is 2.52 bits per heavy atom. The van der Waals surface area contributed by atoms with Gasteiger partial charge in [0.1, 0.15) is 0 Å². The molecule has 1 atom stereocenters. The third-order valence-corrected chi connectivity index (χ3v) is 4.80. The predicted octanol–water partition coefficient (Wildman–Crippen LogP) is 3.73. The molecule has 0 radical (unpaired) electrons. The summed E-state index contributed by atoms with van der Waals surface area (Å²) in [5.41, 5.74) is 2.49. The smallest absolute Gasteiger partial charge is 0.269 e. The van der Waals surface area contributed by atoms with Crippen LogP contribution >= 0.6 is 11.3 Å². The van der Waals surface area contributed by atoms with E-state index in [4.69, 9.17) is 0 Å². The Balaban J connectivity index is 1.86. The monoisotopic (exact) mass is 355 g/mol. The number of para-hydroxylation sites is 1. The average Bonchev–Trinajstić information content (AvgIpc) is 2.96. The fourth-order valence-corrected chi connectivity index (χ4v) is 3.34. The minimum absolute atomic E-state index is 0.00934. The van der Waals surface area contributed by atoms with E-state index in [0.717, 1.165) is 16.2 Å². The molecule has 0 aliphatic carbocycles. The summed E-state index contributed by atoms with van der Waals surface area (Å²) < 4.78 is 1.95. The summed E-state index contributed by atoms with van der Waals surface area (Å²) in [7, 11) is 0. The Kier molecular flexibility index (Phi) is 5.06. The zero-order valence-corrected chi connectivity index (χ0v) is 14.4. The maximum Gasteiger partial charge on any atom is 0.269 e. The number of aryl methyl sites for hydroxylation is 1. The molecule has 0 bridgehead atoms. The van der Waals surface area contributed by atoms with E-state index in [1.165, 1.54) is 23.5 Å². The van der Waals surface area contributed by atoms with E-state index in [9.17, 15) is 15.2 Å². The topological polar surface area (TPSA) is 80.7 Å². The summed E-state index contributed by atoms with van der Waals surface area (Å²) in [5.74, 6) is 0. The number of hydrogen-bond donors (Lipinski definition) is 1. The second-order valence-corrected chi connectivity index (χ2v) is 6.42. The van der Waals surface area contributed by atoms with Gasteiger partial charge in [0.25, 0.3) is 5.69 Å². The van der Waals surface area contributed by atoms with Crippen LogP contribution in [0.2, 0.25) is 0 Å². The molecule has 0 amide bonds. The van der Waals surface area contributed by atoms with Crippen LogP contribution in [-0.4, -0.2) is 14.6 Å². The number of thiazole rings is 1. The van der Waals surface area contributed by atoms with Crippen LogP contribution in [-0.2, 0) is 6.54 Å². The molecule has 1 aromatic heterocycles. The molecule has 0 unspecified atom stereocenters. The van der Waals surface area contributed by atoms with Gasteiger partial charge in [-0.1, -0.05) is 18.2 Å². The van der Waals surface area contributed by atoms with E-state index >= 15 is 0 Å². The van der Waals surface area contributed by atoms with Crippen LogP contribution in [0.4, 0.5) is 11.4 Å². The number of aliphatic hydroxyl groups is 1. The van der Waals surface area contributed by atoms with Crippen LogP contribution in [0.1, 0.15) is 17.4 Å². The molecule has 0 saturated carbocycles. The van der Waals surface area contributed by atoms with Crippen LogP contribution in [0, 0.1) is 17.0 Å². The summed E-state index contributed by atoms with van der Waals surface area (Å²) in [6.07, 6.45) is -0.774. The molecule has 128 valence electrons. The van der Waals surface area contributed by atoms with Crippen molar-refractivity contribution in [1.82, 2.24) is 4.57 Å². The number of benzene rings is 2. The van der Waals surface area contributed by atoms with Gasteiger partial charge in [-0.15, -0.1) is 11.3 Å². The number of aliphatic hydroxyl groups excluding tert-OH is 1. The fourth-order valence-electron chi connectivity index (χ4n) is 2.43. The summed E-state index contributed by atoms with van der Waals surface area (Å²) in [5, 5.41) is 23.2. The van der Waals surface area contributed by atoms with Crippen molar-refractivity contribution in [2.45, 2.75) is 19.6 Å². The molecule has 25 heavy (non-hydrogen) atoms. The van der Waals surface area contributed by atoms with Gasteiger partial charge in [0.2, 0.25) is 0 Å². The zero-order valence-electron chi connectivity index (χ0n) is 13.6. The highest BCUT2D eigenvalue weighted by Crippen LogP contribution is 2.20. The lowest BCUT2D eigenvalue weighted by atomic mass is 10.1. The third kappa shape index (κ3) is 4.01. The lowest BCUT2D eigenvalue weighted by Gasteiger charge is -2.13. The van der Waals surface area contributed by atoms with Gasteiger partial charge >= 0.3 is 0 Å². The van der Waals surface area contributed by atoms with Crippen molar-refractivity contribution in [3.8, 4) is 0 Å². The number of nitro groups is 1. The van der Waals surface area contributed by atoms with Crippen LogP contribution in [0.15, 0.2) is 65.0 Å². The number of rotatable bonds is 5. The van der Waals surface area contributed by atoms with E-state index in [1.54, 1.807) is 12.1 Å². The molecule has 1 N–H and O–H groups in total. The van der Waals surface area contributed by atoms with Gasteiger partial charge in [-0.2, -0.15) is 0 Å². The van der Waals surface area contributed by atoms with E-state index in [-0.39, 0.29) is 5.69 Å². The summed E-state index contributed by atoms with van der Waals surface area (Å²) in [4.78, 5) is 15.7. The van der Waals surface area contributed by atoms with Gasteiger partial charge in [0.15, 0.2) is 4.80 Å². The normalized spacial score (nSPS) is 13.0. The molecule has 0 fully saturated rings. The lowest BCUT2D eigenvalue weighted by Crippen LogP contribution is -2.20. The molecular weight excluding hydrogens is 338 g/mol. The first kappa shape index (κ1) is 17.1. The molecule has 0 aliphatic heterocycles. The minimum atomic E-state index is -0.774. The molecule has 2 aromatic carbocycles. The first-order valence-electron chi connectivity index (χ1n) is 7.72. The Hall–Kier alpha value is -2.77. The minimum Gasteiger partial charge on any atom is -0.387 e. The van der Waals surface area contributed by atoms with Gasteiger partial charge in [-0.3, -0.25) is 10.1 Å². The third-order valence-electron chi connectivity index (χ3n) is 3.82. The Labute approximate surface area is 148 Å². The molecule has 7 heteroatoms. The van der Waals surface area contributed by atoms with E-state index in [0.29, 0.717) is 12.1 Å². The first-order valence-corrected chi connectivity index (χ1v) is 8.59. The molecule has 0 aliphatic rings. The van der Waals surface area contributed by atoms with Crippen molar-refractivity contribution >= 4 is 22.7 Å². The molecule has 0 saturated heterocycles. The summed E-state index contributed by atoms with van der Waals surface area (Å²) >= 11 is 1.51. The fraction of sp³-hybridized carbons (Fsp3) is 0.167. The van der Waals surface area contributed by atoms with Crippen molar-refractivity contribution in [3.05, 3.63) is 86.2 Å². The van der Waals surface area contributed by atoms with Crippen molar-refractivity contribution in [2.75, 3.05) is 0 Å². The second kappa shape index (κ2) is 7.42. The SMILES string of the molecule is Cc1csc(=Nc2ccccc2)n1C[C@@H](O)c1ccc([N+](=O)[O-])cc1. The summed E-state index contributed by atoms with van der Waals surface area (Å²) in [6, 6.07) is 15.6. The quantitative estimate of drug-likeness (QED) is 0.559. The first-order chi connectivity index (χ1) is 12.0. The highest BCUT2D eigenvalue weighted by atomic mass is 32.1. The average molecular weight is 355 g/mol. The zero-order chi connectivity index (χ0) is 17.8. The van der Waals surface area contributed by atoms with Crippen LogP contribution in [0.3, 0.4) is 0 Å². The van der Waals surface area contributed by atoms with Crippen LogP contribution in [0.5, 0.6) is 0 Å². The highest BCUT2D eigenvalue weighted by molar-refractivity contribution is 7.07. The van der Waals surface area contributed by atoms with E-state index in [2.05, 4.69) is 4.99 Å². The summed E-state index contributed by atoms with van der Waals surface area (Å²) in [6.45, 7) is 2.29. The molecule has 3 rings (SSSR count). The highest BCUT2D eigenvalue weighted by Gasteiger charge is 2.13. The van der Waals surface area contributed by atoms with Crippen molar-refractivity contribution in [2.24, 2.45) is 4.99 Å². The number of non-ortho nitro benzene ring substituents is 1. The van der Waals surface area contributed by atoms with Gasteiger partial charge in [0.05, 0.1) is 23.3 Å². The largest absolute Gasteiger partial charge is 0.387 e. The molecule has 0 spiro atoms. The maximum atomic E-state index is 10.7. The van der Waals surface area contributed by atoms with E-state index < -0.39 is 11.0 Å². The van der Waals surface area contributed by atoms with Crippen molar-refractivity contribution in [3.63, 3.8) is 0 Å². The van der Waals surface area contributed by atoms with Gasteiger partial charge in [-0.25, -0.2) is 4.99 Å². The Morgan fingerprint density at radius 2 is 1.88 bits per heavy atom.